The van der Waals surface area contributed by atoms with Crippen molar-refractivity contribution in [2.75, 3.05) is 41.5 Å². The topological polar surface area (TPSA) is 30.9 Å². The standard InChI is InChI=1S/2C26H20OP.C9H13N.C4H8O.2Y/c2*1-27-26-20-12-11-13-22(26)21-28(23-14-5-2-6-15-23,24-16-7-3-8-17-24)25-18-9-4-10-19-25;1-10(2)8-9-6-4-3-5-7-9;1-2-4-5-3-1;;/h2*2-16,18,20H,1H3;3-7H,8H2,1-2H3;1-4H2;;/q2*-3;;;2*+3. The van der Waals surface area contributed by atoms with Crippen molar-refractivity contribution in [2.24, 2.45) is 0 Å². The van der Waals surface area contributed by atoms with Crippen LogP contribution in [0.25, 0.3) is 0 Å². The van der Waals surface area contributed by atoms with Crippen LogP contribution in [-0.4, -0.2) is 58.0 Å². The summed E-state index contributed by atoms with van der Waals surface area (Å²) in [5.74, 6) is 9.40. The zero-order valence-electron chi connectivity index (χ0n) is 42.3. The van der Waals surface area contributed by atoms with E-state index >= 15 is 0 Å². The Balaban J connectivity index is 0.000000207. The number of methoxy groups -OCH3 is 2. The molecule has 73 heavy (non-hydrogen) atoms. The molecule has 0 aromatic heterocycles. The van der Waals surface area contributed by atoms with E-state index < -0.39 is 13.8 Å². The molecule has 4 nitrogen and oxygen atoms in total. The number of nitrogens with zero attached hydrogens (tertiary/aromatic N) is 1. The first-order chi connectivity index (χ1) is 35.0. The van der Waals surface area contributed by atoms with E-state index in [4.69, 9.17) is 14.2 Å². The minimum atomic E-state index is -2.26. The van der Waals surface area contributed by atoms with Gasteiger partial charge in [0.2, 0.25) is 0 Å². The van der Waals surface area contributed by atoms with Crippen molar-refractivity contribution in [1.82, 2.24) is 4.90 Å². The van der Waals surface area contributed by atoms with Crippen LogP contribution < -0.4 is 41.3 Å². The summed E-state index contributed by atoms with van der Waals surface area (Å²) in [4.78, 5) is 2.16. The van der Waals surface area contributed by atoms with E-state index in [1.807, 2.05) is 103 Å². The van der Waals surface area contributed by atoms with Gasteiger partial charge in [-0.15, -0.1) is 47.1 Å². The van der Waals surface area contributed by atoms with Crippen LogP contribution in [0.2, 0.25) is 0 Å². The minimum Gasteiger partial charge on any atom is -0.554 e. The number of hydrogen-bond donors (Lipinski definition) is 0. The average molecular weight is 1140 g/mol. The van der Waals surface area contributed by atoms with Gasteiger partial charge in [-0.2, -0.15) is 156 Å². The molecule has 0 spiro atoms. The van der Waals surface area contributed by atoms with Gasteiger partial charge in [-0.05, 0) is 43.1 Å². The second kappa shape index (κ2) is 31.9. The van der Waals surface area contributed by atoms with E-state index in [1.165, 1.54) is 29.0 Å². The largest absolute Gasteiger partial charge is 3.00 e. The van der Waals surface area contributed by atoms with Crippen molar-refractivity contribution in [3.8, 4) is 11.5 Å². The average Bonchev–Trinajstić information content (AvgIpc) is 4.05. The molecule has 1 fully saturated rings. The van der Waals surface area contributed by atoms with Gasteiger partial charge in [-0.1, -0.05) is 115 Å². The zero-order chi connectivity index (χ0) is 49.4. The van der Waals surface area contributed by atoms with E-state index in [0.29, 0.717) is 0 Å². The molecule has 9 aromatic carbocycles. The molecule has 1 aliphatic rings. The molecule has 8 heteroatoms. The summed E-state index contributed by atoms with van der Waals surface area (Å²) in [5.41, 5.74) is 3.28. The summed E-state index contributed by atoms with van der Waals surface area (Å²) >= 11 is 0. The van der Waals surface area contributed by atoms with Gasteiger partial charge in [0.05, 0.1) is 14.2 Å². The van der Waals surface area contributed by atoms with Crippen LogP contribution in [0.15, 0.2) is 237 Å². The Morgan fingerprint density at radius 1 is 0.425 bits per heavy atom. The van der Waals surface area contributed by atoms with Crippen molar-refractivity contribution in [1.29, 1.82) is 0 Å². The van der Waals surface area contributed by atoms with Crippen LogP contribution in [0.1, 0.15) is 29.5 Å². The third-order valence-electron chi connectivity index (χ3n) is 11.5. The Labute approximate surface area is 486 Å². The van der Waals surface area contributed by atoms with Crippen molar-refractivity contribution in [3.63, 3.8) is 0 Å². The van der Waals surface area contributed by atoms with E-state index in [9.17, 15) is 0 Å². The monoisotopic (exact) mass is 1140 g/mol. The van der Waals surface area contributed by atoms with E-state index in [0.717, 1.165) is 63.6 Å². The summed E-state index contributed by atoms with van der Waals surface area (Å²) in [5, 5.41) is 6.91. The molecule has 1 saturated heterocycles. The first kappa shape index (κ1) is 59.2. The summed E-state index contributed by atoms with van der Waals surface area (Å²) < 4.78 is 16.2. The van der Waals surface area contributed by atoms with Crippen molar-refractivity contribution in [3.05, 3.63) is 278 Å². The third kappa shape index (κ3) is 16.4. The molecule has 0 bridgehead atoms. The summed E-state index contributed by atoms with van der Waals surface area (Å²) in [6, 6.07) is 94.4. The van der Waals surface area contributed by atoms with Crippen LogP contribution in [0.4, 0.5) is 0 Å². The van der Waals surface area contributed by atoms with E-state index in [-0.39, 0.29) is 65.4 Å². The summed E-state index contributed by atoms with van der Waals surface area (Å²) in [6.07, 6.45) is 2.56. The SMILES string of the molecule is C1CCOC1.CN(C)Cc1ccccc1.COc1ccccc1[C-]=P(c1[c-]cccc1)(c1[c-]cccc1)c1ccccc1.COc1ccccc1[C-]=P(c1[c-]cccc1)(c1[c-]cccc1)c1ccccc1.[Y+3].[Y+3]. The first-order valence-electron chi connectivity index (χ1n) is 23.9. The molecule has 0 aliphatic carbocycles. The molecule has 0 amide bonds. The van der Waals surface area contributed by atoms with Gasteiger partial charge in [0.15, 0.2) is 0 Å². The maximum absolute atomic E-state index is 5.63. The molecule has 0 saturated carbocycles. The fourth-order valence-electron chi connectivity index (χ4n) is 8.15. The zero-order valence-corrected chi connectivity index (χ0v) is 49.7. The number of ether oxygens (including phenoxy) is 3. The fraction of sp³-hybridized carbons (Fsp3) is 0.138. The Morgan fingerprint density at radius 2 is 0.740 bits per heavy atom. The quantitative estimate of drug-likeness (QED) is 0.0901. The second-order valence-corrected chi connectivity index (χ2v) is 22.8. The van der Waals surface area contributed by atoms with Crippen LogP contribution in [0.3, 0.4) is 0 Å². The predicted molar refractivity (Wildman–Crippen MR) is 304 cm³/mol. The minimum absolute atomic E-state index is 0. The molecular formula is C65H61NO3P2Y2. The first-order valence-corrected chi connectivity index (χ1v) is 27.4. The molecule has 0 unspecified atom stereocenters. The van der Waals surface area contributed by atoms with Crippen LogP contribution in [0.5, 0.6) is 11.5 Å². The molecule has 0 radical (unpaired) electrons. The molecular weight excluding hydrogens is 1080 g/mol. The van der Waals surface area contributed by atoms with Crippen molar-refractivity contribution >= 4 is 57.2 Å². The second-order valence-electron chi connectivity index (χ2n) is 16.7. The molecule has 1 aliphatic heterocycles. The molecule has 0 atom stereocenters. The Bertz CT molecular complexity index is 2640. The third-order valence-corrected chi connectivity index (χ3v) is 18.8. The molecule has 0 N–H and O–H groups in total. The van der Waals surface area contributed by atoms with Crippen molar-refractivity contribution < 1.29 is 79.6 Å². The van der Waals surface area contributed by atoms with Gasteiger partial charge in [0.1, 0.15) is 0 Å². The van der Waals surface area contributed by atoms with Gasteiger partial charge in [-0.3, -0.25) is 0 Å². The van der Waals surface area contributed by atoms with Gasteiger partial charge in [0.25, 0.3) is 0 Å². The Morgan fingerprint density at radius 3 is 1.03 bits per heavy atom. The number of para-hydroxylation sites is 2. The maximum Gasteiger partial charge on any atom is 3.00 e. The number of hydrogen-bond acceptors (Lipinski definition) is 4. The fourth-order valence-corrected chi connectivity index (χ4v) is 15.2. The Hall–Kier alpha value is -4.69. The van der Waals surface area contributed by atoms with Crippen LogP contribution in [0, 0.1) is 24.3 Å². The van der Waals surface area contributed by atoms with Crippen LogP contribution >= 0.6 is 13.8 Å². The predicted octanol–water partition coefficient (Wildman–Crippen LogP) is 11.2. The maximum atomic E-state index is 5.63. The molecule has 1 heterocycles. The normalized spacial score (nSPS) is 11.5. The molecule has 9 aromatic rings. The summed E-state index contributed by atoms with van der Waals surface area (Å²) in [6.45, 7) is -1.48. The van der Waals surface area contributed by atoms with E-state index in [1.54, 1.807) is 14.2 Å². The van der Waals surface area contributed by atoms with Gasteiger partial charge >= 0.3 is 65.4 Å². The van der Waals surface area contributed by atoms with Gasteiger partial charge in [0, 0.05) is 31.3 Å². The van der Waals surface area contributed by atoms with E-state index in [2.05, 4.69) is 188 Å². The van der Waals surface area contributed by atoms with Gasteiger partial charge in [-0.25, -0.2) is 0 Å². The Kier molecular flexibility index (Phi) is 25.9. The van der Waals surface area contributed by atoms with Gasteiger partial charge < -0.3 is 19.1 Å². The smallest absolute Gasteiger partial charge is 0.554 e. The summed E-state index contributed by atoms with van der Waals surface area (Å²) in [7, 11) is 7.55. The molecule has 10 rings (SSSR count). The van der Waals surface area contributed by atoms with Crippen molar-refractivity contribution in [2.45, 2.75) is 19.4 Å². The van der Waals surface area contributed by atoms with Crippen LogP contribution in [-0.2, 0) is 76.7 Å². The number of rotatable bonds is 12. The molecule has 360 valence electrons. The number of benzene rings is 9.